The molecule has 0 aliphatic heterocycles. The number of aryl methyl sites for hydroxylation is 2. The fourth-order valence-corrected chi connectivity index (χ4v) is 6.66. The summed E-state index contributed by atoms with van der Waals surface area (Å²) in [5, 5.41) is 24.8. The second-order valence-electron chi connectivity index (χ2n) is 7.77. The Morgan fingerprint density at radius 3 is 2.74 bits per heavy atom. The Morgan fingerprint density at radius 1 is 1.26 bits per heavy atom. The molecule has 0 bridgehead atoms. The van der Waals surface area contributed by atoms with Crippen LogP contribution in [0.25, 0.3) is 11.4 Å². The fraction of sp³-hybridized carbons (Fsp3) is 0.455. The Bertz CT molecular complexity index is 1150. The molecule has 4 rings (SSSR count). The molecule has 9 heteroatoms. The summed E-state index contributed by atoms with van der Waals surface area (Å²) in [6.07, 6.45) is 6.65. The molecule has 3 heterocycles. The Kier molecular flexibility index (Phi) is 6.80. The first-order valence-electron chi connectivity index (χ1n) is 10.4. The Balaban J connectivity index is 1.44. The molecule has 0 aromatic carbocycles. The zero-order valence-electron chi connectivity index (χ0n) is 17.9. The minimum Gasteiger partial charge on any atom is -0.316 e. The van der Waals surface area contributed by atoms with Gasteiger partial charge in [0.1, 0.15) is 11.1 Å². The second-order valence-corrected chi connectivity index (χ2v) is 10.9. The summed E-state index contributed by atoms with van der Waals surface area (Å²) in [5.41, 5.74) is 4.11. The molecule has 0 atom stereocenters. The van der Waals surface area contributed by atoms with Crippen molar-refractivity contribution in [2.24, 2.45) is 7.05 Å². The summed E-state index contributed by atoms with van der Waals surface area (Å²) in [6, 6.07) is 2.33. The Labute approximate surface area is 194 Å². The minimum atomic E-state index is -0.122. The molecule has 162 valence electrons. The van der Waals surface area contributed by atoms with Crippen LogP contribution >= 0.6 is 34.4 Å². The molecule has 0 spiro atoms. The van der Waals surface area contributed by atoms with E-state index in [1.165, 1.54) is 39.9 Å². The lowest BCUT2D eigenvalue weighted by molar-refractivity contribution is -0.113. The highest BCUT2D eigenvalue weighted by molar-refractivity contribution is 7.99. The summed E-state index contributed by atoms with van der Waals surface area (Å²) >= 11 is 4.64. The highest BCUT2D eigenvalue weighted by Gasteiger charge is 2.21. The van der Waals surface area contributed by atoms with Gasteiger partial charge in [0, 0.05) is 27.7 Å². The van der Waals surface area contributed by atoms with Crippen LogP contribution in [0.3, 0.4) is 0 Å². The molecule has 0 saturated heterocycles. The average Bonchev–Trinajstić information content (AvgIpc) is 3.36. The number of anilines is 1. The van der Waals surface area contributed by atoms with Crippen molar-refractivity contribution in [3.05, 3.63) is 31.8 Å². The summed E-state index contributed by atoms with van der Waals surface area (Å²) in [5.74, 6) is 0.915. The van der Waals surface area contributed by atoms with E-state index >= 15 is 0 Å². The fourth-order valence-electron chi connectivity index (χ4n) is 3.83. The van der Waals surface area contributed by atoms with Gasteiger partial charge in [-0.25, -0.2) is 0 Å². The van der Waals surface area contributed by atoms with E-state index in [2.05, 4.69) is 40.8 Å². The predicted octanol–water partition coefficient (Wildman–Crippen LogP) is 5.48. The molecule has 3 aromatic heterocycles. The Morgan fingerprint density at radius 2 is 2.03 bits per heavy atom. The lowest BCUT2D eigenvalue weighted by Gasteiger charge is -2.08. The SMILES string of the molecule is Cc1scc(-c2nnc(SCC(=O)Nc3sc4c(c3C#N)CCCCCC4)n2C)c1C. The van der Waals surface area contributed by atoms with Gasteiger partial charge in [0.25, 0.3) is 0 Å². The monoisotopic (exact) mass is 471 g/mol. The van der Waals surface area contributed by atoms with Crippen LogP contribution in [-0.4, -0.2) is 26.4 Å². The summed E-state index contributed by atoms with van der Waals surface area (Å²) in [6.45, 7) is 4.19. The molecule has 0 unspecified atom stereocenters. The number of hydrogen-bond acceptors (Lipinski definition) is 7. The van der Waals surface area contributed by atoms with Crippen LogP contribution < -0.4 is 5.32 Å². The van der Waals surface area contributed by atoms with Crippen LogP contribution in [0.2, 0.25) is 0 Å². The van der Waals surface area contributed by atoms with Crippen molar-refractivity contribution in [2.75, 3.05) is 11.1 Å². The average molecular weight is 472 g/mol. The van der Waals surface area contributed by atoms with E-state index < -0.39 is 0 Å². The lowest BCUT2D eigenvalue weighted by atomic mass is 9.97. The Hall–Kier alpha value is -2.15. The van der Waals surface area contributed by atoms with Crippen LogP contribution in [0.15, 0.2) is 10.5 Å². The van der Waals surface area contributed by atoms with E-state index in [0.717, 1.165) is 42.6 Å². The minimum absolute atomic E-state index is 0.122. The maximum atomic E-state index is 12.7. The van der Waals surface area contributed by atoms with Gasteiger partial charge in [0.2, 0.25) is 5.91 Å². The first-order chi connectivity index (χ1) is 15.0. The smallest absolute Gasteiger partial charge is 0.235 e. The number of nitrogens with zero attached hydrogens (tertiary/aromatic N) is 4. The zero-order chi connectivity index (χ0) is 22.0. The van der Waals surface area contributed by atoms with Crippen molar-refractivity contribution in [3.8, 4) is 17.5 Å². The van der Waals surface area contributed by atoms with Gasteiger partial charge in [-0.3, -0.25) is 4.79 Å². The van der Waals surface area contributed by atoms with Gasteiger partial charge in [-0.05, 0) is 50.7 Å². The molecular formula is C22H25N5OS3. The molecule has 3 aromatic rings. The van der Waals surface area contributed by atoms with Crippen LogP contribution in [0, 0.1) is 25.2 Å². The van der Waals surface area contributed by atoms with Crippen LogP contribution in [0.5, 0.6) is 0 Å². The topological polar surface area (TPSA) is 83.6 Å². The van der Waals surface area contributed by atoms with Crippen molar-refractivity contribution in [3.63, 3.8) is 0 Å². The van der Waals surface area contributed by atoms with Crippen molar-refractivity contribution >= 4 is 45.3 Å². The number of carbonyl (C=O) groups excluding carboxylic acids is 1. The zero-order valence-corrected chi connectivity index (χ0v) is 20.4. The largest absolute Gasteiger partial charge is 0.316 e. The number of rotatable bonds is 5. The maximum Gasteiger partial charge on any atom is 0.235 e. The number of amides is 1. The van der Waals surface area contributed by atoms with E-state index in [1.54, 1.807) is 22.7 Å². The van der Waals surface area contributed by atoms with E-state index in [1.807, 2.05) is 11.6 Å². The molecule has 6 nitrogen and oxygen atoms in total. The third kappa shape index (κ3) is 4.56. The summed E-state index contributed by atoms with van der Waals surface area (Å²) < 4.78 is 1.93. The van der Waals surface area contributed by atoms with Gasteiger partial charge >= 0.3 is 0 Å². The van der Waals surface area contributed by atoms with Crippen molar-refractivity contribution in [1.82, 2.24) is 14.8 Å². The molecular weight excluding hydrogens is 446 g/mol. The predicted molar refractivity (Wildman–Crippen MR) is 128 cm³/mol. The van der Waals surface area contributed by atoms with Gasteiger partial charge in [0.15, 0.2) is 11.0 Å². The number of nitriles is 1. The van der Waals surface area contributed by atoms with Crippen molar-refractivity contribution < 1.29 is 4.79 Å². The van der Waals surface area contributed by atoms with Crippen LogP contribution in [-0.2, 0) is 24.7 Å². The first-order valence-corrected chi connectivity index (χ1v) is 13.1. The molecule has 1 N–H and O–H groups in total. The number of carbonyl (C=O) groups is 1. The number of nitrogens with one attached hydrogen (secondary N) is 1. The van der Waals surface area contributed by atoms with Gasteiger partial charge in [0.05, 0.1) is 11.3 Å². The summed E-state index contributed by atoms with van der Waals surface area (Å²) in [4.78, 5) is 15.2. The molecule has 0 fully saturated rings. The first kappa shape index (κ1) is 22.1. The van der Waals surface area contributed by atoms with E-state index in [9.17, 15) is 10.1 Å². The van der Waals surface area contributed by atoms with E-state index in [4.69, 9.17) is 0 Å². The van der Waals surface area contributed by atoms with Crippen molar-refractivity contribution in [1.29, 1.82) is 5.26 Å². The number of thiophene rings is 2. The molecule has 0 saturated carbocycles. The third-order valence-corrected chi connectivity index (χ3v) is 8.97. The summed E-state index contributed by atoms with van der Waals surface area (Å²) in [7, 11) is 1.93. The van der Waals surface area contributed by atoms with E-state index in [-0.39, 0.29) is 11.7 Å². The van der Waals surface area contributed by atoms with Crippen molar-refractivity contribution in [2.45, 2.75) is 57.5 Å². The molecule has 0 radical (unpaired) electrons. The highest BCUT2D eigenvalue weighted by Crippen LogP contribution is 2.37. The van der Waals surface area contributed by atoms with Crippen LogP contribution in [0.1, 0.15) is 52.1 Å². The standard InChI is InChI=1S/C22H25N5OS3/c1-13-14(2)29-11-17(13)20-25-26-22(27(20)3)30-12-19(28)24-21-16(10-23)15-8-6-4-5-7-9-18(15)31-21/h11H,4-9,12H2,1-3H3,(H,24,28). The second kappa shape index (κ2) is 9.55. The van der Waals surface area contributed by atoms with E-state index in [0.29, 0.717) is 15.7 Å². The highest BCUT2D eigenvalue weighted by atomic mass is 32.2. The number of fused-ring (bicyclic) bond motifs is 1. The van der Waals surface area contributed by atoms with Crippen LogP contribution in [0.4, 0.5) is 5.00 Å². The number of thioether (sulfide) groups is 1. The molecule has 1 aliphatic carbocycles. The quantitative estimate of drug-likeness (QED) is 0.498. The number of aromatic nitrogens is 3. The molecule has 31 heavy (non-hydrogen) atoms. The van der Waals surface area contributed by atoms with Gasteiger partial charge in [-0.2, -0.15) is 5.26 Å². The lowest BCUT2D eigenvalue weighted by Crippen LogP contribution is -2.14. The maximum absolute atomic E-state index is 12.7. The van der Waals surface area contributed by atoms with Gasteiger partial charge < -0.3 is 9.88 Å². The third-order valence-electron chi connectivity index (χ3n) is 5.73. The van der Waals surface area contributed by atoms with Gasteiger partial charge in [-0.15, -0.1) is 32.9 Å². The van der Waals surface area contributed by atoms with Gasteiger partial charge in [-0.1, -0.05) is 24.6 Å². The number of hydrogen-bond donors (Lipinski definition) is 1. The molecule has 1 aliphatic rings. The molecule has 1 amide bonds. The normalized spacial score (nSPS) is 13.9.